The molecule has 1 aliphatic heterocycles. The Hall–Kier alpha value is -0.120. The largest absolute Gasteiger partial charge is 0.391 e. The molecule has 0 aliphatic carbocycles. The highest BCUT2D eigenvalue weighted by molar-refractivity contribution is 4.68. The van der Waals surface area contributed by atoms with Crippen LogP contribution >= 0.6 is 0 Å². The van der Waals surface area contributed by atoms with E-state index >= 15 is 0 Å². The number of aliphatic hydroxyl groups is 1. The van der Waals surface area contributed by atoms with E-state index in [4.69, 9.17) is 14.6 Å². The molecule has 0 bridgehead atoms. The highest BCUT2D eigenvalue weighted by Crippen LogP contribution is 2.21. The van der Waals surface area contributed by atoms with Gasteiger partial charge in [0.15, 0.2) is 5.79 Å². The van der Waals surface area contributed by atoms with E-state index in [0.29, 0.717) is 6.61 Å². The average molecular weight is 146 g/mol. The monoisotopic (exact) mass is 146 g/mol. The molecular weight excluding hydrogens is 132 g/mol. The fourth-order valence-electron chi connectivity index (χ4n) is 1.04. The third kappa shape index (κ3) is 1.68. The molecule has 0 aromatic carbocycles. The fraction of sp³-hybridized carbons (Fsp3) is 1.00. The highest BCUT2D eigenvalue weighted by atomic mass is 16.7. The minimum atomic E-state index is -0.752. The maximum Gasteiger partial charge on any atom is 0.188 e. The molecule has 3 nitrogen and oxygen atoms in total. The quantitative estimate of drug-likeness (QED) is 0.586. The summed E-state index contributed by atoms with van der Waals surface area (Å²) in [6.45, 7) is 4.34. The molecule has 1 aliphatic rings. The van der Waals surface area contributed by atoms with Crippen LogP contribution in [0.4, 0.5) is 0 Å². The van der Waals surface area contributed by atoms with E-state index < -0.39 is 5.79 Å². The Balaban J connectivity index is 2.45. The summed E-state index contributed by atoms with van der Waals surface area (Å²) in [5.74, 6) is -0.752. The first-order chi connectivity index (χ1) is 4.66. The molecular formula is C7H14O3. The van der Waals surface area contributed by atoms with E-state index in [1.807, 2.05) is 6.92 Å². The predicted octanol–water partition coefficient (Wildman–Crippen LogP) is 0.520. The Bertz CT molecular complexity index is 115. The summed E-state index contributed by atoms with van der Waals surface area (Å²) in [6.07, 6.45) is 1.11. The summed E-state index contributed by atoms with van der Waals surface area (Å²) < 4.78 is 10.6. The van der Waals surface area contributed by atoms with Crippen molar-refractivity contribution in [1.82, 2.24) is 0 Å². The summed E-state index contributed by atoms with van der Waals surface area (Å²) >= 11 is 0. The SMILES string of the molecule is CC1CCOC(C)(CO)O1. The van der Waals surface area contributed by atoms with Crippen molar-refractivity contribution in [1.29, 1.82) is 0 Å². The van der Waals surface area contributed by atoms with Gasteiger partial charge in [0, 0.05) is 0 Å². The van der Waals surface area contributed by atoms with Gasteiger partial charge in [0.1, 0.15) is 0 Å². The maximum absolute atomic E-state index is 8.82. The van der Waals surface area contributed by atoms with E-state index in [1.165, 1.54) is 0 Å². The summed E-state index contributed by atoms with van der Waals surface area (Å²) in [5.41, 5.74) is 0. The zero-order valence-corrected chi connectivity index (χ0v) is 6.46. The van der Waals surface area contributed by atoms with Gasteiger partial charge in [0.05, 0.1) is 19.3 Å². The lowest BCUT2D eigenvalue weighted by Gasteiger charge is -2.35. The molecule has 0 saturated carbocycles. The standard InChI is InChI=1S/C7H14O3/c1-6-3-4-9-7(2,5-8)10-6/h6,8H,3-5H2,1-2H3. The van der Waals surface area contributed by atoms with Crippen molar-refractivity contribution in [2.45, 2.75) is 32.2 Å². The molecule has 2 atom stereocenters. The summed E-state index contributed by atoms with van der Waals surface area (Å²) in [6, 6.07) is 0. The molecule has 1 fully saturated rings. The van der Waals surface area contributed by atoms with Crippen molar-refractivity contribution in [3.8, 4) is 0 Å². The van der Waals surface area contributed by atoms with E-state index in [0.717, 1.165) is 6.42 Å². The predicted molar refractivity (Wildman–Crippen MR) is 36.6 cm³/mol. The lowest BCUT2D eigenvalue weighted by molar-refractivity contribution is -0.292. The molecule has 1 heterocycles. The van der Waals surface area contributed by atoms with Gasteiger partial charge >= 0.3 is 0 Å². The molecule has 0 spiro atoms. The highest BCUT2D eigenvalue weighted by Gasteiger charge is 2.31. The van der Waals surface area contributed by atoms with Gasteiger partial charge in [-0.05, 0) is 20.3 Å². The van der Waals surface area contributed by atoms with Crippen LogP contribution in [0.2, 0.25) is 0 Å². The van der Waals surface area contributed by atoms with Gasteiger partial charge in [0.25, 0.3) is 0 Å². The number of rotatable bonds is 1. The van der Waals surface area contributed by atoms with Gasteiger partial charge in [-0.2, -0.15) is 0 Å². The van der Waals surface area contributed by atoms with Gasteiger partial charge in [-0.15, -0.1) is 0 Å². The second-order valence-electron chi connectivity index (χ2n) is 2.86. The van der Waals surface area contributed by atoms with Crippen LogP contribution in [0, 0.1) is 0 Å². The Morgan fingerprint density at radius 3 is 2.80 bits per heavy atom. The fourth-order valence-corrected chi connectivity index (χ4v) is 1.04. The molecule has 2 unspecified atom stereocenters. The molecule has 0 aromatic heterocycles. The molecule has 3 heteroatoms. The Morgan fingerprint density at radius 2 is 2.40 bits per heavy atom. The van der Waals surface area contributed by atoms with Crippen molar-refractivity contribution in [2.24, 2.45) is 0 Å². The van der Waals surface area contributed by atoms with Crippen LogP contribution in [-0.2, 0) is 9.47 Å². The topological polar surface area (TPSA) is 38.7 Å². The lowest BCUT2D eigenvalue weighted by Crippen LogP contribution is -2.44. The molecule has 1 saturated heterocycles. The molecule has 0 radical (unpaired) electrons. The van der Waals surface area contributed by atoms with Crippen LogP contribution in [0.25, 0.3) is 0 Å². The van der Waals surface area contributed by atoms with Crippen molar-refractivity contribution in [3.05, 3.63) is 0 Å². The molecule has 0 amide bonds. The van der Waals surface area contributed by atoms with Crippen LogP contribution in [0.3, 0.4) is 0 Å². The van der Waals surface area contributed by atoms with Crippen molar-refractivity contribution in [2.75, 3.05) is 13.2 Å². The van der Waals surface area contributed by atoms with E-state index in [2.05, 4.69) is 0 Å². The maximum atomic E-state index is 8.82. The smallest absolute Gasteiger partial charge is 0.188 e. The van der Waals surface area contributed by atoms with Crippen LogP contribution < -0.4 is 0 Å². The number of aliphatic hydroxyl groups excluding tert-OH is 1. The average Bonchev–Trinajstić information content (AvgIpc) is 1.88. The number of hydrogen-bond donors (Lipinski definition) is 1. The zero-order valence-electron chi connectivity index (χ0n) is 6.46. The number of ether oxygens (including phenoxy) is 2. The minimum Gasteiger partial charge on any atom is -0.391 e. The first-order valence-electron chi connectivity index (χ1n) is 3.59. The normalized spacial score (nSPS) is 41.7. The molecule has 1 rings (SSSR count). The van der Waals surface area contributed by atoms with Crippen LogP contribution in [0.1, 0.15) is 20.3 Å². The number of hydrogen-bond acceptors (Lipinski definition) is 3. The van der Waals surface area contributed by atoms with Gasteiger partial charge < -0.3 is 14.6 Å². The second kappa shape index (κ2) is 2.86. The summed E-state index contributed by atoms with van der Waals surface area (Å²) in [4.78, 5) is 0. The molecule has 60 valence electrons. The van der Waals surface area contributed by atoms with Crippen LogP contribution in [0.15, 0.2) is 0 Å². The van der Waals surface area contributed by atoms with Crippen LogP contribution in [-0.4, -0.2) is 30.2 Å². The third-order valence-corrected chi connectivity index (χ3v) is 1.67. The van der Waals surface area contributed by atoms with Crippen molar-refractivity contribution < 1.29 is 14.6 Å². The summed E-state index contributed by atoms with van der Waals surface area (Å²) in [7, 11) is 0. The lowest BCUT2D eigenvalue weighted by atomic mass is 10.2. The first kappa shape index (κ1) is 7.98. The van der Waals surface area contributed by atoms with Gasteiger partial charge in [-0.3, -0.25) is 0 Å². The minimum absolute atomic E-state index is 0.0721. The van der Waals surface area contributed by atoms with E-state index in [9.17, 15) is 0 Å². The van der Waals surface area contributed by atoms with Crippen LogP contribution in [0.5, 0.6) is 0 Å². The Labute approximate surface area is 60.9 Å². The van der Waals surface area contributed by atoms with Crippen molar-refractivity contribution >= 4 is 0 Å². The Morgan fingerprint density at radius 1 is 1.70 bits per heavy atom. The molecule has 1 N–H and O–H groups in total. The first-order valence-corrected chi connectivity index (χ1v) is 3.59. The van der Waals surface area contributed by atoms with Gasteiger partial charge in [-0.25, -0.2) is 0 Å². The second-order valence-corrected chi connectivity index (χ2v) is 2.86. The Kier molecular flexibility index (Phi) is 2.28. The molecule has 0 aromatic rings. The van der Waals surface area contributed by atoms with E-state index in [1.54, 1.807) is 6.92 Å². The van der Waals surface area contributed by atoms with Gasteiger partial charge in [-0.1, -0.05) is 0 Å². The molecule has 10 heavy (non-hydrogen) atoms. The van der Waals surface area contributed by atoms with Gasteiger partial charge in [0.2, 0.25) is 0 Å². The van der Waals surface area contributed by atoms with E-state index in [-0.39, 0.29) is 12.7 Å². The summed E-state index contributed by atoms with van der Waals surface area (Å²) in [5, 5.41) is 8.82. The third-order valence-electron chi connectivity index (χ3n) is 1.67. The van der Waals surface area contributed by atoms with Crippen molar-refractivity contribution in [3.63, 3.8) is 0 Å². The zero-order chi connectivity index (χ0) is 7.61.